The molecular formula is C15H24N2O2. The summed E-state index contributed by atoms with van der Waals surface area (Å²) < 4.78 is 10.6. The van der Waals surface area contributed by atoms with Gasteiger partial charge in [0.1, 0.15) is 0 Å². The molecule has 0 amide bonds. The number of rotatable bonds is 5. The third-order valence-electron chi connectivity index (χ3n) is 3.96. The molecule has 1 aliphatic rings. The van der Waals surface area contributed by atoms with E-state index in [-0.39, 0.29) is 5.54 Å². The summed E-state index contributed by atoms with van der Waals surface area (Å²) in [6.07, 6.45) is 4.56. The number of hydrogen-bond donors (Lipinski definition) is 2. The number of methoxy groups -OCH3 is 2. The molecule has 1 atom stereocenters. The van der Waals surface area contributed by atoms with Crippen molar-refractivity contribution in [2.24, 2.45) is 5.73 Å². The van der Waals surface area contributed by atoms with Crippen molar-refractivity contribution in [1.82, 2.24) is 5.32 Å². The summed E-state index contributed by atoms with van der Waals surface area (Å²) in [5.74, 6) is 1.55. The Morgan fingerprint density at radius 3 is 2.58 bits per heavy atom. The summed E-state index contributed by atoms with van der Waals surface area (Å²) in [6.45, 7) is 1.73. The van der Waals surface area contributed by atoms with E-state index in [1.54, 1.807) is 14.2 Å². The molecule has 0 aromatic heterocycles. The summed E-state index contributed by atoms with van der Waals surface area (Å²) in [4.78, 5) is 0. The van der Waals surface area contributed by atoms with E-state index in [0.29, 0.717) is 6.54 Å². The minimum Gasteiger partial charge on any atom is -0.493 e. The fourth-order valence-electron chi connectivity index (χ4n) is 2.81. The van der Waals surface area contributed by atoms with Crippen molar-refractivity contribution in [3.63, 3.8) is 0 Å². The number of piperidine rings is 1. The van der Waals surface area contributed by atoms with Crippen molar-refractivity contribution >= 4 is 0 Å². The first-order valence-electron chi connectivity index (χ1n) is 6.89. The van der Waals surface area contributed by atoms with Gasteiger partial charge in [-0.3, -0.25) is 0 Å². The van der Waals surface area contributed by atoms with E-state index in [2.05, 4.69) is 11.4 Å². The molecule has 0 bridgehead atoms. The molecule has 1 unspecified atom stereocenters. The summed E-state index contributed by atoms with van der Waals surface area (Å²) in [7, 11) is 3.32. The topological polar surface area (TPSA) is 56.5 Å². The molecule has 1 aromatic carbocycles. The highest BCUT2D eigenvalue weighted by Crippen LogP contribution is 2.30. The lowest BCUT2D eigenvalue weighted by Gasteiger charge is -2.37. The molecule has 1 aromatic rings. The van der Waals surface area contributed by atoms with Gasteiger partial charge in [-0.15, -0.1) is 0 Å². The molecule has 0 spiro atoms. The van der Waals surface area contributed by atoms with Gasteiger partial charge in [0.25, 0.3) is 0 Å². The van der Waals surface area contributed by atoms with E-state index in [4.69, 9.17) is 15.2 Å². The van der Waals surface area contributed by atoms with Crippen molar-refractivity contribution in [2.75, 3.05) is 27.3 Å². The van der Waals surface area contributed by atoms with Gasteiger partial charge in [-0.25, -0.2) is 0 Å². The SMILES string of the molecule is COc1ccc(CC2(CN)CCCCN2)cc1OC. The van der Waals surface area contributed by atoms with Gasteiger partial charge in [-0.2, -0.15) is 0 Å². The molecule has 3 N–H and O–H groups in total. The van der Waals surface area contributed by atoms with Crippen LogP contribution in [0.1, 0.15) is 24.8 Å². The molecule has 0 aliphatic carbocycles. The predicted octanol–water partition coefficient (Wildman–Crippen LogP) is 1.72. The molecule has 1 saturated heterocycles. The Kier molecular flexibility index (Phi) is 4.66. The predicted molar refractivity (Wildman–Crippen MR) is 76.9 cm³/mol. The second-order valence-electron chi connectivity index (χ2n) is 5.23. The van der Waals surface area contributed by atoms with Crippen LogP contribution in [-0.4, -0.2) is 32.8 Å². The second-order valence-corrected chi connectivity index (χ2v) is 5.23. The minimum atomic E-state index is 0.0395. The van der Waals surface area contributed by atoms with Gasteiger partial charge in [-0.05, 0) is 43.5 Å². The third-order valence-corrected chi connectivity index (χ3v) is 3.96. The molecular weight excluding hydrogens is 240 g/mol. The molecule has 1 heterocycles. The Labute approximate surface area is 115 Å². The molecule has 4 nitrogen and oxygen atoms in total. The third kappa shape index (κ3) is 3.19. The maximum absolute atomic E-state index is 5.99. The highest BCUT2D eigenvalue weighted by Gasteiger charge is 2.30. The Balaban J connectivity index is 2.17. The average molecular weight is 264 g/mol. The zero-order valence-corrected chi connectivity index (χ0v) is 11.9. The van der Waals surface area contributed by atoms with Crippen molar-refractivity contribution in [1.29, 1.82) is 0 Å². The molecule has 1 aliphatic heterocycles. The molecule has 19 heavy (non-hydrogen) atoms. The van der Waals surface area contributed by atoms with Gasteiger partial charge in [0, 0.05) is 12.1 Å². The van der Waals surface area contributed by atoms with Crippen LogP contribution in [0.4, 0.5) is 0 Å². The fraction of sp³-hybridized carbons (Fsp3) is 0.600. The number of nitrogens with two attached hydrogens (primary N) is 1. The Bertz CT molecular complexity index is 415. The van der Waals surface area contributed by atoms with Crippen LogP contribution in [0.25, 0.3) is 0 Å². The number of benzene rings is 1. The first kappa shape index (κ1) is 14.2. The lowest BCUT2D eigenvalue weighted by atomic mass is 9.83. The van der Waals surface area contributed by atoms with Crippen LogP contribution in [-0.2, 0) is 6.42 Å². The van der Waals surface area contributed by atoms with E-state index in [0.717, 1.165) is 30.9 Å². The zero-order chi connectivity index (χ0) is 13.7. The summed E-state index contributed by atoms with van der Waals surface area (Å²) in [6, 6.07) is 6.10. The van der Waals surface area contributed by atoms with Crippen LogP contribution >= 0.6 is 0 Å². The highest BCUT2D eigenvalue weighted by atomic mass is 16.5. The first-order valence-corrected chi connectivity index (χ1v) is 6.89. The molecule has 106 valence electrons. The summed E-state index contributed by atoms with van der Waals surface area (Å²) in [5.41, 5.74) is 7.27. The number of nitrogens with one attached hydrogen (secondary N) is 1. The van der Waals surface area contributed by atoms with Crippen LogP contribution in [0.5, 0.6) is 11.5 Å². The fourth-order valence-corrected chi connectivity index (χ4v) is 2.81. The van der Waals surface area contributed by atoms with Crippen LogP contribution in [0.3, 0.4) is 0 Å². The quantitative estimate of drug-likeness (QED) is 0.850. The summed E-state index contributed by atoms with van der Waals surface area (Å²) >= 11 is 0. The first-order chi connectivity index (χ1) is 9.23. The van der Waals surface area contributed by atoms with Gasteiger partial charge in [0.15, 0.2) is 11.5 Å². The maximum Gasteiger partial charge on any atom is 0.160 e. The van der Waals surface area contributed by atoms with Crippen LogP contribution in [0, 0.1) is 0 Å². The lowest BCUT2D eigenvalue weighted by Crippen LogP contribution is -2.55. The van der Waals surface area contributed by atoms with Crippen molar-refractivity contribution in [2.45, 2.75) is 31.2 Å². The second kappa shape index (κ2) is 6.26. The number of ether oxygens (including phenoxy) is 2. The van der Waals surface area contributed by atoms with Crippen LogP contribution in [0.2, 0.25) is 0 Å². The van der Waals surface area contributed by atoms with Gasteiger partial charge in [-0.1, -0.05) is 12.5 Å². The van der Waals surface area contributed by atoms with Crippen molar-refractivity contribution in [3.05, 3.63) is 23.8 Å². The van der Waals surface area contributed by atoms with Gasteiger partial charge >= 0.3 is 0 Å². The van der Waals surface area contributed by atoms with Crippen molar-refractivity contribution in [3.8, 4) is 11.5 Å². The molecule has 2 rings (SSSR count). The van der Waals surface area contributed by atoms with Gasteiger partial charge in [0.05, 0.1) is 14.2 Å². The molecule has 0 radical (unpaired) electrons. The molecule has 1 fully saturated rings. The molecule has 0 saturated carbocycles. The van der Waals surface area contributed by atoms with Gasteiger partial charge in [0.2, 0.25) is 0 Å². The zero-order valence-electron chi connectivity index (χ0n) is 11.9. The standard InChI is InChI=1S/C15H24N2O2/c1-18-13-6-5-12(9-14(13)19-2)10-15(11-16)7-3-4-8-17-15/h5-6,9,17H,3-4,7-8,10-11,16H2,1-2H3. The summed E-state index contributed by atoms with van der Waals surface area (Å²) in [5, 5.41) is 3.60. The van der Waals surface area contributed by atoms with Gasteiger partial charge < -0.3 is 20.5 Å². The Morgan fingerprint density at radius 1 is 1.21 bits per heavy atom. The van der Waals surface area contributed by atoms with E-state index in [9.17, 15) is 0 Å². The minimum absolute atomic E-state index is 0.0395. The van der Waals surface area contributed by atoms with Crippen LogP contribution < -0.4 is 20.5 Å². The Hall–Kier alpha value is -1.26. The maximum atomic E-state index is 5.99. The van der Waals surface area contributed by atoms with Crippen LogP contribution in [0.15, 0.2) is 18.2 Å². The number of hydrogen-bond acceptors (Lipinski definition) is 4. The van der Waals surface area contributed by atoms with E-state index >= 15 is 0 Å². The lowest BCUT2D eigenvalue weighted by molar-refractivity contribution is 0.259. The monoisotopic (exact) mass is 264 g/mol. The molecule has 4 heteroatoms. The van der Waals surface area contributed by atoms with Crippen molar-refractivity contribution < 1.29 is 9.47 Å². The Morgan fingerprint density at radius 2 is 2.00 bits per heavy atom. The normalized spacial score (nSPS) is 23.1. The highest BCUT2D eigenvalue weighted by molar-refractivity contribution is 5.43. The largest absolute Gasteiger partial charge is 0.493 e. The smallest absolute Gasteiger partial charge is 0.160 e. The average Bonchev–Trinajstić information content (AvgIpc) is 2.48. The van der Waals surface area contributed by atoms with E-state index in [1.807, 2.05) is 12.1 Å². The van der Waals surface area contributed by atoms with E-state index in [1.165, 1.54) is 18.4 Å². The van der Waals surface area contributed by atoms with E-state index < -0.39 is 0 Å².